The van der Waals surface area contributed by atoms with Crippen molar-refractivity contribution < 1.29 is 4.42 Å². The van der Waals surface area contributed by atoms with Crippen molar-refractivity contribution in [2.75, 3.05) is 0 Å². The van der Waals surface area contributed by atoms with Gasteiger partial charge in [-0.2, -0.15) is 0 Å². The quantitative estimate of drug-likeness (QED) is 0.427. The summed E-state index contributed by atoms with van der Waals surface area (Å²) in [4.78, 5) is 8.66. The topological polar surface area (TPSA) is 38.9 Å². The minimum Gasteiger partial charge on any atom is -0.455 e. The summed E-state index contributed by atoms with van der Waals surface area (Å²) in [6.45, 7) is 0. The third-order valence-electron chi connectivity index (χ3n) is 4.20. The van der Waals surface area contributed by atoms with Crippen LogP contribution < -0.4 is 0 Å². The zero-order valence-corrected chi connectivity index (χ0v) is 12.2. The molecule has 0 aliphatic heterocycles. The molecule has 0 N–H and O–H groups in total. The van der Waals surface area contributed by atoms with Crippen molar-refractivity contribution in [2.24, 2.45) is 0 Å². The molecule has 0 aliphatic rings. The Kier molecular flexibility index (Phi) is 2.50. The lowest BCUT2D eigenvalue weighted by Crippen LogP contribution is -1.81. The first kappa shape index (κ1) is 12.4. The number of para-hydroxylation sites is 1. The van der Waals surface area contributed by atoms with Crippen LogP contribution in [0.1, 0.15) is 0 Å². The highest BCUT2D eigenvalue weighted by molar-refractivity contribution is 6.12. The summed E-state index contributed by atoms with van der Waals surface area (Å²) in [7, 11) is 0. The minimum absolute atomic E-state index is 0.879. The maximum Gasteiger partial charge on any atom is 0.144 e. The average Bonchev–Trinajstić information content (AvgIpc) is 2.98. The maximum atomic E-state index is 6.19. The molecule has 0 unspecified atom stereocenters. The lowest BCUT2D eigenvalue weighted by Gasteiger charge is -2.00. The molecule has 2 aromatic carbocycles. The fraction of sp³-hybridized carbons (Fsp3) is 0. The lowest BCUT2D eigenvalue weighted by molar-refractivity contribution is 0.670. The van der Waals surface area contributed by atoms with Crippen molar-refractivity contribution in [3.63, 3.8) is 0 Å². The molecule has 0 spiro atoms. The monoisotopic (exact) mass is 296 g/mol. The fourth-order valence-electron chi connectivity index (χ4n) is 3.10. The largest absolute Gasteiger partial charge is 0.455 e. The molecule has 0 saturated carbocycles. The molecule has 0 bridgehead atoms. The van der Waals surface area contributed by atoms with Gasteiger partial charge in [0, 0.05) is 40.3 Å². The van der Waals surface area contributed by atoms with Gasteiger partial charge in [0.15, 0.2) is 0 Å². The van der Waals surface area contributed by atoms with E-state index in [0.29, 0.717) is 0 Å². The molecular formula is C20H12N2O. The van der Waals surface area contributed by atoms with E-state index in [2.05, 4.69) is 34.2 Å². The third kappa shape index (κ3) is 1.83. The van der Waals surface area contributed by atoms with Gasteiger partial charge >= 0.3 is 0 Å². The van der Waals surface area contributed by atoms with Gasteiger partial charge in [0.05, 0.1) is 5.69 Å². The minimum atomic E-state index is 0.879. The van der Waals surface area contributed by atoms with Crippen LogP contribution >= 0.6 is 0 Å². The summed E-state index contributed by atoms with van der Waals surface area (Å²) >= 11 is 0. The van der Waals surface area contributed by atoms with Gasteiger partial charge in [-0.05, 0) is 41.8 Å². The van der Waals surface area contributed by atoms with Gasteiger partial charge in [0.2, 0.25) is 0 Å². The number of rotatable bonds is 1. The summed E-state index contributed by atoms with van der Waals surface area (Å²) in [5, 5.41) is 4.46. The van der Waals surface area contributed by atoms with E-state index in [1.165, 1.54) is 0 Å². The van der Waals surface area contributed by atoms with Gasteiger partial charge in [0.25, 0.3) is 0 Å². The summed E-state index contributed by atoms with van der Waals surface area (Å²) in [6.07, 6.45) is 5.49. The van der Waals surface area contributed by atoms with Gasteiger partial charge in [-0.15, -0.1) is 0 Å². The number of hydrogen-bond donors (Lipinski definition) is 0. The Morgan fingerprint density at radius 2 is 1.78 bits per heavy atom. The first-order chi connectivity index (χ1) is 11.4. The van der Waals surface area contributed by atoms with E-state index in [0.717, 1.165) is 44.0 Å². The second-order valence-electron chi connectivity index (χ2n) is 5.57. The zero-order valence-electron chi connectivity index (χ0n) is 12.2. The van der Waals surface area contributed by atoms with E-state index in [9.17, 15) is 0 Å². The first-order valence-corrected chi connectivity index (χ1v) is 7.50. The second-order valence-corrected chi connectivity index (χ2v) is 5.57. The number of pyridine rings is 2. The highest BCUT2D eigenvalue weighted by Gasteiger charge is 2.13. The number of nitrogens with zero attached hydrogens (tertiary/aromatic N) is 2. The van der Waals surface area contributed by atoms with Gasteiger partial charge in [-0.3, -0.25) is 9.97 Å². The van der Waals surface area contributed by atoms with Crippen molar-refractivity contribution in [3.8, 4) is 11.3 Å². The Hall–Kier alpha value is -3.20. The summed E-state index contributed by atoms with van der Waals surface area (Å²) in [5.41, 5.74) is 3.71. The molecule has 3 heteroatoms. The number of aromatic nitrogens is 2. The van der Waals surface area contributed by atoms with Crippen LogP contribution in [0.4, 0.5) is 0 Å². The van der Waals surface area contributed by atoms with E-state index in [1.54, 1.807) is 12.4 Å². The van der Waals surface area contributed by atoms with Gasteiger partial charge in [-0.1, -0.05) is 18.2 Å². The molecule has 0 aliphatic carbocycles. The second kappa shape index (κ2) is 4.65. The molecule has 5 aromatic rings. The molecule has 3 aromatic heterocycles. The SMILES string of the molecule is c1ccc(-c2cccc3c2oc2cc4ccncc4cc23)nc1. The van der Waals surface area contributed by atoms with E-state index in [1.807, 2.05) is 36.5 Å². The van der Waals surface area contributed by atoms with E-state index >= 15 is 0 Å². The normalized spacial score (nSPS) is 11.5. The molecule has 5 rings (SSSR count). The Labute approximate surface area is 132 Å². The van der Waals surface area contributed by atoms with Crippen LogP contribution in [-0.4, -0.2) is 9.97 Å². The Morgan fingerprint density at radius 3 is 2.70 bits per heavy atom. The Bertz CT molecular complexity index is 1160. The summed E-state index contributed by atoms with van der Waals surface area (Å²) in [6, 6.07) is 18.3. The van der Waals surface area contributed by atoms with Crippen LogP contribution in [-0.2, 0) is 0 Å². The predicted octanol–water partition coefficient (Wildman–Crippen LogP) is 5.20. The maximum absolute atomic E-state index is 6.19. The molecule has 0 fully saturated rings. The van der Waals surface area contributed by atoms with Gasteiger partial charge in [0.1, 0.15) is 11.2 Å². The average molecular weight is 296 g/mol. The highest BCUT2D eigenvalue weighted by atomic mass is 16.3. The van der Waals surface area contributed by atoms with Crippen LogP contribution in [0.2, 0.25) is 0 Å². The van der Waals surface area contributed by atoms with Gasteiger partial charge in [-0.25, -0.2) is 0 Å². The van der Waals surface area contributed by atoms with E-state index in [-0.39, 0.29) is 0 Å². The van der Waals surface area contributed by atoms with E-state index in [4.69, 9.17) is 4.42 Å². The molecular weight excluding hydrogens is 284 g/mol. The molecule has 0 saturated heterocycles. The van der Waals surface area contributed by atoms with Crippen molar-refractivity contribution in [2.45, 2.75) is 0 Å². The molecule has 3 heterocycles. The van der Waals surface area contributed by atoms with Gasteiger partial charge < -0.3 is 4.42 Å². The number of fused-ring (bicyclic) bond motifs is 4. The highest BCUT2D eigenvalue weighted by Crippen LogP contribution is 2.36. The fourth-order valence-corrected chi connectivity index (χ4v) is 3.10. The van der Waals surface area contributed by atoms with Crippen molar-refractivity contribution in [1.29, 1.82) is 0 Å². The Morgan fingerprint density at radius 1 is 0.783 bits per heavy atom. The summed E-state index contributed by atoms with van der Waals surface area (Å²) in [5.74, 6) is 0. The molecule has 3 nitrogen and oxygen atoms in total. The number of hydrogen-bond acceptors (Lipinski definition) is 3. The number of benzene rings is 2. The van der Waals surface area contributed by atoms with Crippen LogP contribution in [0.5, 0.6) is 0 Å². The number of furan rings is 1. The van der Waals surface area contributed by atoms with Crippen LogP contribution in [0.15, 0.2) is 77.6 Å². The zero-order chi connectivity index (χ0) is 15.2. The van der Waals surface area contributed by atoms with Crippen molar-refractivity contribution in [1.82, 2.24) is 9.97 Å². The molecule has 0 radical (unpaired) electrons. The van der Waals surface area contributed by atoms with Crippen LogP contribution in [0.25, 0.3) is 44.0 Å². The van der Waals surface area contributed by atoms with Crippen molar-refractivity contribution in [3.05, 3.63) is 73.2 Å². The van der Waals surface area contributed by atoms with Crippen LogP contribution in [0, 0.1) is 0 Å². The smallest absolute Gasteiger partial charge is 0.144 e. The third-order valence-corrected chi connectivity index (χ3v) is 4.20. The van der Waals surface area contributed by atoms with Crippen LogP contribution in [0.3, 0.4) is 0 Å². The molecule has 0 atom stereocenters. The molecule has 23 heavy (non-hydrogen) atoms. The lowest BCUT2D eigenvalue weighted by atomic mass is 10.0. The first-order valence-electron chi connectivity index (χ1n) is 7.50. The molecule has 0 amide bonds. The standard InChI is InChI=1S/C20H12N2O/c1-2-8-22-18(6-1)16-5-3-4-15-17-10-14-12-21-9-7-13(14)11-19(17)23-20(15)16/h1-12H. The van der Waals surface area contributed by atoms with Crippen molar-refractivity contribution >= 4 is 32.7 Å². The summed E-state index contributed by atoms with van der Waals surface area (Å²) < 4.78 is 6.19. The van der Waals surface area contributed by atoms with E-state index < -0.39 is 0 Å². The predicted molar refractivity (Wildman–Crippen MR) is 92.3 cm³/mol. The Balaban J connectivity index is 1.91. The molecule has 108 valence electrons.